The van der Waals surface area contributed by atoms with E-state index < -0.39 is 83.7 Å². The predicted molar refractivity (Wildman–Crippen MR) is 561 cm³/mol. The molecule has 1 fully saturated rings. The molecular weight excluding hydrogens is 2130 g/mol. The number of imidazole rings is 1. The van der Waals surface area contributed by atoms with Gasteiger partial charge in [-0.05, 0) is 248 Å². The molecule has 46 heteroatoms. The van der Waals surface area contributed by atoms with Crippen molar-refractivity contribution in [1.29, 1.82) is 0 Å². The molecule has 812 valence electrons. The second-order valence-corrected chi connectivity index (χ2v) is 44.7. The van der Waals surface area contributed by atoms with Crippen LogP contribution in [0.15, 0.2) is 142 Å². The van der Waals surface area contributed by atoms with E-state index in [1.54, 1.807) is 80.6 Å². The first kappa shape index (κ1) is 135. The topological polar surface area (TPSA) is 434 Å². The first-order valence-corrected chi connectivity index (χ1v) is 49.2. The maximum absolute atomic E-state index is 13.1. The largest absolute Gasteiger partial charge is 0.488 e. The molecule has 0 radical (unpaired) electrons. The Morgan fingerprint density at radius 3 is 1.32 bits per heavy atom. The zero-order valence-electron chi connectivity index (χ0n) is 88.3. The number of nitrogens with zero attached hydrogens (tertiary/aromatic N) is 9. The van der Waals surface area contributed by atoms with Gasteiger partial charge in [0.2, 0.25) is 35.0 Å². The maximum atomic E-state index is 13.1. The zero-order chi connectivity index (χ0) is 113. The summed E-state index contributed by atoms with van der Waals surface area (Å²) < 4.78 is 93.2. The molecule has 0 saturated carbocycles. The van der Waals surface area contributed by atoms with Gasteiger partial charge in [-0.1, -0.05) is 87.6 Å². The van der Waals surface area contributed by atoms with E-state index in [9.17, 15) is 100 Å². The number of aromatic nitrogens is 2. The summed E-state index contributed by atoms with van der Waals surface area (Å²) in [7, 11) is 1.81. The highest BCUT2D eigenvalue weighted by molar-refractivity contribution is 9.14. The van der Waals surface area contributed by atoms with Gasteiger partial charge in [0, 0.05) is 140 Å². The molecule has 10 rings (SSSR count). The SMILES string of the molecule is CC.CC(C)(C)NCCN1C(=O)C(Br)=C(Br)C1=O.CC(C)(C)NCCN1C(=O)C=CC1=O.CC(C)(C)OC(=O)c1ccc(Cl)c(Cl)c1Cl.CC(C)(C)ON1C(=O)CCC1=O.CC(C)(C)Oc1c(F)c(F)c(F)c(F)c1F.CC(C)(C)Oc1ccc([N+](=O)[O-])cc1.CC(C)(C)Oc1ccc([N+](=O)[O-])cc1[N+](=O)[O-].CC(C)(C)Sc1ccccc1.CC(C)(C)n1ccnc1.CNCCNC(=O)CCOCCN1C(=O)C=CC1=O. The van der Waals surface area contributed by atoms with Gasteiger partial charge in [0.15, 0.2) is 11.5 Å². The van der Waals surface area contributed by atoms with E-state index in [-0.39, 0.29) is 147 Å². The first-order valence-electron chi connectivity index (χ1n) is 45.7. The number of carbonyl (C=O) groups excluding carboxylic acids is 10. The van der Waals surface area contributed by atoms with Crippen LogP contribution in [-0.2, 0) is 63.0 Å². The maximum Gasteiger partial charge on any atom is 0.340 e. The van der Waals surface area contributed by atoms with Gasteiger partial charge in [-0.2, -0.15) is 13.8 Å². The molecule has 5 heterocycles. The van der Waals surface area contributed by atoms with Crippen molar-refractivity contribution in [3.05, 3.63) is 217 Å². The average molecular weight is 2270 g/mol. The molecule has 5 aromatic carbocycles. The van der Waals surface area contributed by atoms with Crippen LogP contribution in [0, 0.1) is 59.4 Å². The fourth-order valence-corrected chi connectivity index (χ4v) is 12.9. The third-order valence-electron chi connectivity index (χ3n) is 16.8. The normalized spacial score (nSPS) is 13.5. The summed E-state index contributed by atoms with van der Waals surface area (Å²) in [4.78, 5) is 157. The molecule has 1 saturated heterocycles. The van der Waals surface area contributed by atoms with Crippen molar-refractivity contribution in [2.24, 2.45) is 0 Å². The van der Waals surface area contributed by atoms with E-state index >= 15 is 0 Å². The van der Waals surface area contributed by atoms with Crippen LogP contribution in [0.2, 0.25) is 15.1 Å². The number of nitrogens with one attached hydrogen (secondary N) is 4. The molecule has 4 aliphatic rings. The monoisotopic (exact) mass is 2260 g/mol. The summed E-state index contributed by atoms with van der Waals surface area (Å²) in [5.41, 5.74) is -3.31. The number of ether oxygens (including phenoxy) is 5. The quantitative estimate of drug-likeness (QED) is 0.00503. The average Bonchev–Trinajstić information content (AvgIpc) is 1.13. The number of rotatable bonds is 24. The summed E-state index contributed by atoms with van der Waals surface area (Å²) in [6, 6.07) is 22.9. The van der Waals surface area contributed by atoms with Crippen LogP contribution in [0.25, 0.3) is 0 Å². The van der Waals surface area contributed by atoms with Crippen LogP contribution in [-0.4, -0.2) is 213 Å². The van der Waals surface area contributed by atoms with Crippen LogP contribution in [0.1, 0.15) is 230 Å². The fourth-order valence-electron chi connectivity index (χ4n) is 10.5. The Bertz CT molecular complexity index is 5350. The van der Waals surface area contributed by atoms with Gasteiger partial charge < -0.3 is 49.5 Å². The van der Waals surface area contributed by atoms with Crippen molar-refractivity contribution in [2.45, 2.75) is 274 Å². The smallest absolute Gasteiger partial charge is 0.340 e. The lowest BCUT2D eigenvalue weighted by Crippen LogP contribution is -2.43. The summed E-state index contributed by atoms with van der Waals surface area (Å²) in [6.07, 6.45) is 11.5. The van der Waals surface area contributed by atoms with Gasteiger partial charge in [-0.25, -0.2) is 22.9 Å². The van der Waals surface area contributed by atoms with E-state index in [4.69, 9.17) is 58.6 Å². The molecule has 4 N–H and O–H groups in total. The highest BCUT2D eigenvalue weighted by Crippen LogP contribution is 2.38. The summed E-state index contributed by atoms with van der Waals surface area (Å²) >= 11 is 25.6. The second kappa shape index (κ2) is 61.9. The van der Waals surface area contributed by atoms with Gasteiger partial charge in [-0.15, -0.1) is 11.8 Å². The molecule has 6 aromatic rings. The summed E-state index contributed by atoms with van der Waals surface area (Å²) in [6.45, 7) is 59.3. The molecule has 9 amide bonds. The number of hydrogen-bond acceptors (Lipinski definition) is 27. The minimum absolute atomic E-state index is 0.0131. The van der Waals surface area contributed by atoms with E-state index in [0.29, 0.717) is 57.2 Å². The van der Waals surface area contributed by atoms with Crippen LogP contribution in [0.3, 0.4) is 0 Å². The summed E-state index contributed by atoms with van der Waals surface area (Å²) in [5, 5.41) is 45.2. The molecule has 0 bridgehead atoms. The van der Waals surface area contributed by atoms with Gasteiger partial charge in [-0.3, -0.25) is 93.0 Å². The molecule has 0 aliphatic carbocycles. The number of carbonyl (C=O) groups is 10. The van der Waals surface area contributed by atoms with Crippen molar-refractivity contribution >= 4 is 155 Å². The Balaban J connectivity index is 0.00000160. The Hall–Kier alpha value is -10.7. The molecule has 146 heavy (non-hydrogen) atoms. The van der Waals surface area contributed by atoms with Crippen molar-refractivity contribution in [1.82, 2.24) is 50.6 Å². The number of benzene rings is 5. The molecule has 1 aromatic heterocycles. The Kier molecular flexibility index (Phi) is 57.3. The standard InChI is InChI=1S/C12H19N3O4.C11H11Cl3O2.C10H14Br2N2O2.C10H9F5O.C10H12N2O5.C10H16N2O2.C10H13NO3.C10H14S.C8H13NO3.C7H12N2.C2H6/c1-13-5-6-14-10(16)4-8-19-9-7-15-11(17)2-3-12(15)18;1-11(2,3)16-10(15)6-4-5-7(12)9(14)8(6)13;1-10(2,3)13-4-5-14-8(15)6(11)7(12)9(14)16;1-10(2,3)16-9-7(14)5(12)4(11)6(13)8(9)15;1-10(2,3)17-9-5-4-7(11(13)14)6-8(9)12(15)16;1-10(2,3)11-6-7-12-8(13)4-5-9(12)14;1-10(2,3)14-9-6-4-8(5-7-9)11(12)13;1-10(2,3)11-9-7-5-4-6-8-9;1-8(2,3)12-9-6(10)4-5-7(9)11;1-7(2,3)9-5-4-8-6-9;1-2/h2-3,13H,4-9H2,1H3,(H,14,16);4-5H,1-3H3;13H,4-5H2,1-3H3;1-3H3;4-6H,1-3H3;4-5,11H,6-7H2,1-3H3;4-7H,1-3H3;4-8H,1-3H3;4-5H2,1-3H3;4-6H,1-3H3;1-2H3. The highest BCUT2D eigenvalue weighted by atomic mass is 79.9. The summed E-state index contributed by atoms with van der Waals surface area (Å²) in [5.74, 6) is -13.5. The van der Waals surface area contributed by atoms with Crippen LogP contribution < -0.4 is 35.5 Å². The third kappa shape index (κ3) is 54.8. The number of nitro groups is 3. The number of hydrogen-bond donors (Lipinski definition) is 4. The van der Waals surface area contributed by atoms with Crippen molar-refractivity contribution in [2.75, 3.05) is 66.1 Å². The zero-order valence-corrected chi connectivity index (χ0v) is 94.6. The van der Waals surface area contributed by atoms with E-state index in [1.165, 1.54) is 96.2 Å². The highest BCUT2D eigenvalue weighted by Gasteiger charge is 2.38. The van der Waals surface area contributed by atoms with Gasteiger partial charge in [0.05, 0.1) is 73.2 Å². The van der Waals surface area contributed by atoms with Crippen LogP contribution in [0.4, 0.5) is 39.0 Å². The van der Waals surface area contributed by atoms with Gasteiger partial charge in [0.25, 0.3) is 58.6 Å². The minimum Gasteiger partial charge on any atom is -0.488 e. The lowest BCUT2D eigenvalue weighted by atomic mass is 10.1. The van der Waals surface area contributed by atoms with Gasteiger partial charge >= 0.3 is 11.7 Å². The molecule has 0 atom stereocenters. The van der Waals surface area contributed by atoms with Crippen LogP contribution >= 0.6 is 78.4 Å². The number of non-ortho nitro benzene ring substituents is 2. The van der Waals surface area contributed by atoms with Gasteiger partial charge in [0.1, 0.15) is 37.1 Å². The number of likely N-dealkylation sites (N-methyl/N-ethyl adjacent to an activating group) is 1. The lowest BCUT2D eigenvalue weighted by Gasteiger charge is -2.24. The lowest BCUT2D eigenvalue weighted by molar-refractivity contribution is -0.395. The first-order chi connectivity index (χ1) is 66.8. The van der Waals surface area contributed by atoms with E-state index in [1.807, 2.05) is 114 Å². The predicted octanol–water partition coefficient (Wildman–Crippen LogP) is 21.4. The van der Waals surface area contributed by atoms with Crippen LogP contribution in [0.5, 0.6) is 17.2 Å². The number of esters is 1. The Morgan fingerprint density at radius 2 is 0.938 bits per heavy atom. The number of nitro benzene ring substituents is 3. The van der Waals surface area contributed by atoms with Crippen molar-refractivity contribution < 1.29 is 113 Å². The third-order valence-corrected chi connectivity index (χ3v) is 21.2. The Morgan fingerprint density at radius 1 is 0.500 bits per heavy atom. The molecular formula is C100H139Br2Cl3F5N13O22S. The number of imide groups is 4. The van der Waals surface area contributed by atoms with E-state index in [2.05, 4.69) is 133 Å². The molecule has 0 spiro atoms. The van der Waals surface area contributed by atoms with Crippen molar-refractivity contribution in [3.63, 3.8) is 0 Å². The number of halogens is 10. The number of amides is 9. The van der Waals surface area contributed by atoms with E-state index in [0.717, 1.165) is 22.6 Å². The number of thioether (sulfide) groups is 1. The molecule has 0 unspecified atom stereocenters. The number of hydroxylamine groups is 2. The second-order valence-electron chi connectivity index (χ2n) is 40.0. The molecule has 35 nitrogen and oxygen atoms in total. The molecule has 4 aliphatic heterocycles. The fraction of sp³-hybridized carbons (Fsp3) is 0.510. The van der Waals surface area contributed by atoms with Crippen molar-refractivity contribution in [3.8, 4) is 17.2 Å². The minimum atomic E-state index is -2.20. The Labute approximate surface area is 887 Å².